The summed E-state index contributed by atoms with van der Waals surface area (Å²) in [5.41, 5.74) is -1.42. The first-order valence-corrected chi connectivity index (χ1v) is 11.7. The lowest BCUT2D eigenvalue weighted by atomic mass is 10.1. The molecule has 2 aromatic carbocycles. The first-order chi connectivity index (χ1) is 13.5. The lowest BCUT2D eigenvalue weighted by Crippen LogP contribution is -2.45. The van der Waals surface area contributed by atoms with E-state index in [0.29, 0.717) is 31.5 Å². The van der Waals surface area contributed by atoms with Crippen molar-refractivity contribution in [3.63, 3.8) is 0 Å². The first kappa shape index (κ1) is 21.8. The molecule has 0 spiro atoms. The zero-order chi connectivity index (χ0) is 21.3. The highest BCUT2D eigenvalue weighted by molar-refractivity contribution is 7.91. The molecule has 0 radical (unpaired) electrons. The van der Waals surface area contributed by atoms with Gasteiger partial charge in [-0.25, -0.2) is 21.6 Å². The Morgan fingerprint density at radius 3 is 2.24 bits per heavy atom. The second kappa shape index (κ2) is 8.05. The van der Waals surface area contributed by atoms with E-state index < -0.39 is 47.4 Å². The fraction of sp³-hybridized carbons (Fsp3) is 0.333. The van der Waals surface area contributed by atoms with Gasteiger partial charge >= 0.3 is 6.18 Å². The Morgan fingerprint density at radius 2 is 1.66 bits per heavy atom. The molecule has 158 valence electrons. The molecular weight excluding hydrogens is 429 g/mol. The van der Waals surface area contributed by atoms with Crippen molar-refractivity contribution in [2.75, 3.05) is 13.1 Å². The minimum Gasteiger partial charge on any atom is -0.315 e. The highest BCUT2D eigenvalue weighted by atomic mass is 32.2. The SMILES string of the molecule is O=S(=O)(NC1CCCNC1)c1cc(S(=O)(=O)c2ccccc2)ccc1C(F)(F)F. The number of nitrogens with one attached hydrogen (secondary N) is 2. The van der Waals surface area contributed by atoms with Crippen LogP contribution in [0.5, 0.6) is 0 Å². The van der Waals surface area contributed by atoms with E-state index in [1.54, 1.807) is 6.07 Å². The molecule has 0 bridgehead atoms. The second-order valence-corrected chi connectivity index (χ2v) is 10.3. The van der Waals surface area contributed by atoms with Crippen LogP contribution in [-0.4, -0.2) is 36.0 Å². The molecule has 2 N–H and O–H groups in total. The van der Waals surface area contributed by atoms with Gasteiger partial charge in [0, 0.05) is 12.6 Å². The topological polar surface area (TPSA) is 92.3 Å². The maximum absolute atomic E-state index is 13.5. The van der Waals surface area contributed by atoms with Crippen molar-refractivity contribution in [1.82, 2.24) is 10.0 Å². The van der Waals surface area contributed by atoms with E-state index in [1.165, 1.54) is 24.3 Å². The maximum atomic E-state index is 13.5. The van der Waals surface area contributed by atoms with E-state index >= 15 is 0 Å². The molecule has 0 amide bonds. The quantitative estimate of drug-likeness (QED) is 0.734. The Kier molecular flexibility index (Phi) is 6.04. The minimum absolute atomic E-state index is 0.146. The highest BCUT2D eigenvalue weighted by Gasteiger charge is 2.39. The number of alkyl halides is 3. The fourth-order valence-corrected chi connectivity index (χ4v) is 6.00. The number of hydrogen-bond acceptors (Lipinski definition) is 5. The average Bonchev–Trinajstić information content (AvgIpc) is 2.68. The summed E-state index contributed by atoms with van der Waals surface area (Å²) in [5, 5.41) is 2.97. The zero-order valence-electron chi connectivity index (χ0n) is 15.1. The number of sulfone groups is 1. The lowest BCUT2D eigenvalue weighted by Gasteiger charge is -2.24. The van der Waals surface area contributed by atoms with Crippen LogP contribution in [0.1, 0.15) is 18.4 Å². The normalized spacial score (nSPS) is 18.5. The van der Waals surface area contributed by atoms with Crippen LogP contribution in [0.3, 0.4) is 0 Å². The Hall–Kier alpha value is -1.95. The lowest BCUT2D eigenvalue weighted by molar-refractivity contribution is -0.139. The summed E-state index contributed by atoms with van der Waals surface area (Å²) in [6, 6.07) is 8.34. The van der Waals surface area contributed by atoms with E-state index in [9.17, 15) is 30.0 Å². The van der Waals surface area contributed by atoms with E-state index in [4.69, 9.17) is 0 Å². The van der Waals surface area contributed by atoms with Crippen molar-refractivity contribution in [2.45, 2.75) is 39.7 Å². The second-order valence-electron chi connectivity index (χ2n) is 6.64. The van der Waals surface area contributed by atoms with Crippen LogP contribution >= 0.6 is 0 Å². The fourth-order valence-electron chi connectivity index (χ4n) is 3.10. The van der Waals surface area contributed by atoms with Crippen LogP contribution in [0.2, 0.25) is 0 Å². The van der Waals surface area contributed by atoms with Crippen LogP contribution in [0.25, 0.3) is 0 Å². The van der Waals surface area contributed by atoms with Crippen LogP contribution in [0.4, 0.5) is 13.2 Å². The molecule has 1 aliphatic rings. The van der Waals surface area contributed by atoms with Crippen LogP contribution < -0.4 is 10.0 Å². The van der Waals surface area contributed by atoms with Crippen LogP contribution in [0, 0.1) is 0 Å². The standard InChI is InChI=1S/C18H19F3N2O4S2/c19-18(20,21)16-9-8-15(28(24,25)14-6-2-1-3-7-14)11-17(16)29(26,27)23-13-5-4-10-22-12-13/h1-3,6-9,11,13,22-23H,4-5,10,12H2. The molecule has 1 heterocycles. The van der Waals surface area contributed by atoms with Crippen molar-refractivity contribution in [2.24, 2.45) is 0 Å². The molecule has 1 saturated heterocycles. The highest BCUT2D eigenvalue weighted by Crippen LogP contribution is 2.36. The van der Waals surface area contributed by atoms with Gasteiger partial charge in [0.2, 0.25) is 19.9 Å². The Bertz CT molecular complexity index is 1080. The summed E-state index contributed by atoms with van der Waals surface area (Å²) in [4.78, 5) is -1.78. The summed E-state index contributed by atoms with van der Waals surface area (Å²) in [6.07, 6.45) is -3.83. The largest absolute Gasteiger partial charge is 0.417 e. The number of rotatable bonds is 5. The molecule has 11 heteroatoms. The van der Waals surface area contributed by atoms with Crippen LogP contribution in [0.15, 0.2) is 63.2 Å². The molecule has 1 atom stereocenters. The molecule has 1 aliphatic heterocycles. The molecule has 0 aromatic heterocycles. The molecule has 1 unspecified atom stereocenters. The molecular formula is C18H19F3N2O4S2. The number of benzene rings is 2. The van der Waals surface area contributed by atoms with Gasteiger partial charge in [0.15, 0.2) is 0 Å². The maximum Gasteiger partial charge on any atom is 0.417 e. The summed E-state index contributed by atoms with van der Waals surface area (Å²) >= 11 is 0. The summed E-state index contributed by atoms with van der Waals surface area (Å²) in [6.45, 7) is 0.972. The Morgan fingerprint density at radius 1 is 0.966 bits per heavy atom. The predicted molar refractivity (Wildman–Crippen MR) is 99.6 cm³/mol. The zero-order valence-corrected chi connectivity index (χ0v) is 16.7. The van der Waals surface area contributed by atoms with Gasteiger partial charge in [0.1, 0.15) is 0 Å². The molecule has 1 fully saturated rings. The third-order valence-electron chi connectivity index (χ3n) is 4.53. The van der Waals surface area contributed by atoms with E-state index in [1.807, 2.05) is 0 Å². The minimum atomic E-state index is -4.97. The van der Waals surface area contributed by atoms with Gasteiger partial charge in [-0.2, -0.15) is 13.2 Å². The average molecular weight is 448 g/mol. The van der Waals surface area contributed by atoms with Gasteiger partial charge in [-0.05, 0) is 49.7 Å². The first-order valence-electron chi connectivity index (χ1n) is 8.76. The van der Waals surface area contributed by atoms with Gasteiger partial charge in [-0.15, -0.1) is 0 Å². The number of halogens is 3. The number of sulfonamides is 1. The molecule has 0 saturated carbocycles. The smallest absolute Gasteiger partial charge is 0.315 e. The van der Waals surface area contributed by atoms with Crippen molar-refractivity contribution in [3.05, 3.63) is 54.1 Å². The van der Waals surface area contributed by atoms with E-state index in [-0.39, 0.29) is 11.4 Å². The summed E-state index contributed by atoms with van der Waals surface area (Å²) in [7, 11) is -8.80. The van der Waals surface area contributed by atoms with Crippen molar-refractivity contribution >= 4 is 19.9 Å². The van der Waals surface area contributed by atoms with Crippen LogP contribution in [-0.2, 0) is 26.0 Å². The molecule has 29 heavy (non-hydrogen) atoms. The Labute approximate surface area is 167 Å². The van der Waals surface area contributed by atoms with Gasteiger partial charge in [-0.1, -0.05) is 18.2 Å². The Balaban J connectivity index is 2.10. The van der Waals surface area contributed by atoms with Gasteiger partial charge < -0.3 is 5.32 Å². The van der Waals surface area contributed by atoms with Crippen molar-refractivity contribution in [1.29, 1.82) is 0 Å². The summed E-state index contributed by atoms with van der Waals surface area (Å²) < 4.78 is 93.6. The van der Waals surface area contributed by atoms with Gasteiger partial charge in [-0.3, -0.25) is 0 Å². The molecule has 2 aromatic rings. The van der Waals surface area contributed by atoms with E-state index in [0.717, 1.165) is 6.07 Å². The van der Waals surface area contributed by atoms with E-state index in [2.05, 4.69) is 10.0 Å². The number of piperidine rings is 1. The van der Waals surface area contributed by atoms with Gasteiger partial charge in [0.25, 0.3) is 0 Å². The van der Waals surface area contributed by atoms with Crippen molar-refractivity contribution < 1.29 is 30.0 Å². The molecule has 3 rings (SSSR count). The third-order valence-corrected chi connectivity index (χ3v) is 7.86. The molecule has 6 nitrogen and oxygen atoms in total. The molecule has 0 aliphatic carbocycles. The summed E-state index contributed by atoms with van der Waals surface area (Å²) in [5.74, 6) is 0. The predicted octanol–water partition coefficient (Wildman–Crippen LogP) is 2.57. The third kappa shape index (κ3) is 4.80. The monoisotopic (exact) mass is 448 g/mol. The number of hydrogen-bond donors (Lipinski definition) is 2. The van der Waals surface area contributed by atoms with Gasteiger partial charge in [0.05, 0.1) is 20.2 Å². The van der Waals surface area contributed by atoms with Crippen molar-refractivity contribution in [3.8, 4) is 0 Å².